The van der Waals surface area contributed by atoms with Gasteiger partial charge in [-0.1, -0.05) is 60.7 Å². The zero-order valence-corrected chi connectivity index (χ0v) is 20.3. The molecule has 1 saturated carbocycles. The molecule has 0 radical (unpaired) electrons. The van der Waals surface area contributed by atoms with Crippen LogP contribution in [0.3, 0.4) is 0 Å². The van der Waals surface area contributed by atoms with Gasteiger partial charge in [-0.05, 0) is 43.0 Å². The van der Waals surface area contributed by atoms with Crippen molar-refractivity contribution in [2.75, 3.05) is 0 Å². The molecule has 1 aromatic heterocycles. The van der Waals surface area contributed by atoms with Crippen LogP contribution in [-0.4, -0.2) is 22.5 Å². The van der Waals surface area contributed by atoms with Crippen molar-refractivity contribution in [3.05, 3.63) is 107 Å². The number of H-pyrrole nitrogens is 1. The molecule has 1 aliphatic rings. The van der Waals surface area contributed by atoms with Crippen molar-refractivity contribution in [3.8, 4) is 0 Å². The fourth-order valence-corrected chi connectivity index (χ4v) is 4.63. The van der Waals surface area contributed by atoms with Crippen LogP contribution in [0.25, 0.3) is 10.9 Å². The molecule has 0 bridgehead atoms. The highest BCUT2D eigenvalue weighted by molar-refractivity contribution is 5.92. The van der Waals surface area contributed by atoms with Crippen molar-refractivity contribution < 1.29 is 23.1 Å². The summed E-state index contributed by atoms with van der Waals surface area (Å²) in [5, 5.41) is 6.78. The molecule has 37 heavy (non-hydrogen) atoms. The Morgan fingerprint density at radius 3 is 2.46 bits per heavy atom. The Kier molecular flexibility index (Phi) is 6.41. The molecule has 0 spiro atoms. The van der Waals surface area contributed by atoms with Crippen LogP contribution in [0.1, 0.15) is 36.5 Å². The molecule has 0 unspecified atom stereocenters. The molecule has 5 rings (SSSR count). The first-order valence-corrected chi connectivity index (χ1v) is 12.1. The molecule has 2 amide bonds. The molecule has 1 aliphatic carbocycles. The van der Waals surface area contributed by atoms with Gasteiger partial charge in [0, 0.05) is 29.1 Å². The lowest BCUT2D eigenvalue weighted by Crippen LogP contribution is -2.60. The highest BCUT2D eigenvalue weighted by Crippen LogP contribution is 2.45. The lowest BCUT2D eigenvalue weighted by Gasteiger charge is -2.32. The topological polar surface area (TPSA) is 83.2 Å². The van der Waals surface area contributed by atoms with Crippen LogP contribution >= 0.6 is 0 Å². The molecule has 190 valence electrons. The van der Waals surface area contributed by atoms with Crippen LogP contribution in [0.4, 0.5) is 13.6 Å². The number of halogens is 2. The first-order valence-electron chi connectivity index (χ1n) is 12.1. The van der Waals surface area contributed by atoms with Crippen LogP contribution in [0, 0.1) is 11.6 Å². The Balaban J connectivity index is 1.38. The van der Waals surface area contributed by atoms with Crippen molar-refractivity contribution in [2.45, 2.75) is 43.9 Å². The Labute approximate surface area is 213 Å². The van der Waals surface area contributed by atoms with Gasteiger partial charge in [0.05, 0.1) is 5.54 Å². The molecule has 8 heteroatoms. The third kappa shape index (κ3) is 5.05. The fraction of sp³-hybridized carbons (Fsp3) is 0.241. The standard InChI is InChI=1S/C29H27F2N3O3/c1-28(16-20-17-32-24-13-6-5-11-22(20)24,26(35)33-29(14-15-29)21-9-3-2-4-10-21)34-27(36)37-18-19-8-7-12-23(30)25(19)31/h2-13,17,32H,14-16,18H2,1H3,(H,33,35)(H,34,36)/t28-/m1/s1. The van der Waals surface area contributed by atoms with E-state index < -0.39 is 35.4 Å². The van der Waals surface area contributed by atoms with Crippen molar-refractivity contribution in [1.29, 1.82) is 0 Å². The predicted molar refractivity (Wildman–Crippen MR) is 136 cm³/mol. The fourth-order valence-electron chi connectivity index (χ4n) is 4.63. The number of hydrogen-bond acceptors (Lipinski definition) is 3. The maximum atomic E-state index is 14.0. The molecule has 1 heterocycles. The Bertz CT molecular complexity index is 1450. The van der Waals surface area contributed by atoms with Gasteiger partial charge in [-0.15, -0.1) is 0 Å². The average molecular weight is 504 g/mol. The first kappa shape index (κ1) is 24.5. The summed E-state index contributed by atoms with van der Waals surface area (Å²) >= 11 is 0. The SMILES string of the molecule is C[C@](Cc1c[nH]c2ccccc12)(NC(=O)OCc1cccc(F)c1F)C(=O)NC1(c2ccccc2)CC1. The number of alkyl carbamates (subject to hydrolysis) is 1. The second-order valence-corrected chi connectivity index (χ2v) is 9.68. The van der Waals surface area contributed by atoms with Gasteiger partial charge in [0.15, 0.2) is 11.6 Å². The van der Waals surface area contributed by atoms with Gasteiger partial charge in [-0.3, -0.25) is 4.79 Å². The molecular weight excluding hydrogens is 476 g/mol. The van der Waals surface area contributed by atoms with E-state index in [9.17, 15) is 18.4 Å². The zero-order chi connectivity index (χ0) is 26.0. The maximum Gasteiger partial charge on any atom is 0.408 e. The van der Waals surface area contributed by atoms with Crippen LogP contribution in [-0.2, 0) is 28.1 Å². The van der Waals surface area contributed by atoms with E-state index in [0.717, 1.165) is 40.9 Å². The third-order valence-electron chi connectivity index (χ3n) is 6.92. The van der Waals surface area contributed by atoms with Gasteiger partial charge in [0.1, 0.15) is 12.1 Å². The largest absolute Gasteiger partial charge is 0.445 e. The van der Waals surface area contributed by atoms with E-state index in [1.807, 2.05) is 60.8 Å². The Morgan fingerprint density at radius 1 is 0.973 bits per heavy atom. The van der Waals surface area contributed by atoms with Gasteiger partial charge < -0.3 is 20.4 Å². The van der Waals surface area contributed by atoms with Crippen molar-refractivity contribution in [3.63, 3.8) is 0 Å². The first-order chi connectivity index (χ1) is 17.8. The highest BCUT2D eigenvalue weighted by atomic mass is 19.2. The van der Waals surface area contributed by atoms with Crippen molar-refractivity contribution >= 4 is 22.9 Å². The van der Waals surface area contributed by atoms with Crippen LogP contribution in [0.2, 0.25) is 0 Å². The lowest BCUT2D eigenvalue weighted by molar-refractivity contribution is -0.128. The number of carbonyl (C=O) groups is 2. The molecule has 3 aromatic carbocycles. The monoisotopic (exact) mass is 503 g/mol. The molecule has 0 saturated heterocycles. The molecule has 0 aliphatic heterocycles. The van der Waals surface area contributed by atoms with E-state index in [0.29, 0.717) is 0 Å². The van der Waals surface area contributed by atoms with Crippen LogP contribution in [0.15, 0.2) is 79.0 Å². The van der Waals surface area contributed by atoms with E-state index in [2.05, 4.69) is 15.6 Å². The summed E-state index contributed by atoms with van der Waals surface area (Å²) in [6, 6.07) is 21.1. The van der Waals surface area contributed by atoms with Gasteiger partial charge in [-0.2, -0.15) is 0 Å². The second-order valence-electron chi connectivity index (χ2n) is 9.68. The number of rotatable bonds is 8. The zero-order valence-electron chi connectivity index (χ0n) is 20.3. The minimum atomic E-state index is -1.40. The summed E-state index contributed by atoms with van der Waals surface area (Å²) in [6.07, 6.45) is 2.66. The third-order valence-corrected chi connectivity index (χ3v) is 6.92. The quantitative estimate of drug-likeness (QED) is 0.298. The normalized spacial score (nSPS) is 15.5. The van der Waals surface area contributed by atoms with Crippen molar-refractivity contribution in [2.24, 2.45) is 0 Å². The molecule has 6 nitrogen and oxygen atoms in total. The van der Waals surface area contributed by atoms with Crippen LogP contribution in [0.5, 0.6) is 0 Å². The number of amides is 2. The van der Waals surface area contributed by atoms with Crippen LogP contribution < -0.4 is 10.6 Å². The number of carbonyl (C=O) groups excluding carboxylic acids is 2. The highest BCUT2D eigenvalue weighted by Gasteiger charge is 2.49. The van der Waals surface area contributed by atoms with E-state index >= 15 is 0 Å². The number of aromatic nitrogens is 1. The maximum absolute atomic E-state index is 14.0. The van der Waals surface area contributed by atoms with Gasteiger partial charge >= 0.3 is 6.09 Å². The predicted octanol–water partition coefficient (Wildman–Crippen LogP) is 5.48. The van der Waals surface area contributed by atoms with Gasteiger partial charge in [0.25, 0.3) is 0 Å². The average Bonchev–Trinajstić information content (AvgIpc) is 3.58. The summed E-state index contributed by atoms with van der Waals surface area (Å²) in [7, 11) is 0. The molecule has 1 atom stereocenters. The van der Waals surface area contributed by atoms with E-state index in [1.54, 1.807) is 6.92 Å². The lowest BCUT2D eigenvalue weighted by atomic mass is 9.90. The van der Waals surface area contributed by atoms with E-state index in [1.165, 1.54) is 12.1 Å². The summed E-state index contributed by atoms with van der Waals surface area (Å²) in [5.41, 5.74) is 0.769. The molecule has 3 N–H and O–H groups in total. The number of hydrogen-bond donors (Lipinski definition) is 3. The Morgan fingerprint density at radius 2 is 1.70 bits per heavy atom. The smallest absolute Gasteiger partial charge is 0.408 e. The summed E-state index contributed by atoms with van der Waals surface area (Å²) in [5.74, 6) is -2.47. The number of fused-ring (bicyclic) bond motifs is 1. The van der Waals surface area contributed by atoms with Gasteiger partial charge in [-0.25, -0.2) is 13.6 Å². The number of benzene rings is 3. The summed E-state index contributed by atoms with van der Waals surface area (Å²) in [4.78, 5) is 29.8. The molecular formula is C29H27F2N3O3. The number of para-hydroxylation sites is 1. The minimum Gasteiger partial charge on any atom is -0.445 e. The summed E-state index contributed by atoms with van der Waals surface area (Å²) in [6.45, 7) is 1.16. The molecule has 4 aromatic rings. The number of aromatic amines is 1. The Hall–Kier alpha value is -4.20. The number of ether oxygens (including phenoxy) is 1. The summed E-state index contributed by atoms with van der Waals surface area (Å²) < 4.78 is 32.8. The second kappa shape index (κ2) is 9.69. The van der Waals surface area contributed by atoms with E-state index in [4.69, 9.17) is 4.74 Å². The van der Waals surface area contributed by atoms with E-state index in [-0.39, 0.29) is 17.9 Å². The van der Waals surface area contributed by atoms with Gasteiger partial charge in [0.2, 0.25) is 5.91 Å². The van der Waals surface area contributed by atoms with Crippen molar-refractivity contribution in [1.82, 2.24) is 15.6 Å². The minimum absolute atomic E-state index is 0.0982. The number of nitrogens with one attached hydrogen (secondary N) is 3. The molecule has 1 fully saturated rings.